The Bertz CT molecular complexity index is 677. The summed E-state index contributed by atoms with van der Waals surface area (Å²) in [6.07, 6.45) is 1.07. The second kappa shape index (κ2) is 7.49. The highest BCUT2D eigenvalue weighted by molar-refractivity contribution is 5.99. The molecule has 0 atom stereocenters. The molecule has 0 bridgehead atoms. The Morgan fingerprint density at radius 2 is 2.00 bits per heavy atom. The van der Waals surface area contributed by atoms with E-state index in [9.17, 15) is 14.7 Å². The predicted molar refractivity (Wildman–Crippen MR) is 93.6 cm³/mol. The van der Waals surface area contributed by atoms with Crippen LogP contribution in [0.5, 0.6) is 11.6 Å². The van der Waals surface area contributed by atoms with Crippen LogP contribution in [0.25, 0.3) is 0 Å². The molecule has 2 heterocycles. The van der Waals surface area contributed by atoms with Crippen LogP contribution in [0.3, 0.4) is 0 Å². The fourth-order valence-corrected chi connectivity index (χ4v) is 2.71. The number of ether oxygens (including phenoxy) is 3. The van der Waals surface area contributed by atoms with Crippen molar-refractivity contribution in [3.8, 4) is 11.6 Å². The molecule has 1 N–H and O–H groups in total. The van der Waals surface area contributed by atoms with Gasteiger partial charge in [-0.15, -0.1) is 0 Å². The molecule has 0 unspecified atom stereocenters. The lowest BCUT2D eigenvalue weighted by Gasteiger charge is -2.48. The summed E-state index contributed by atoms with van der Waals surface area (Å²) < 4.78 is 16.2. The van der Waals surface area contributed by atoms with E-state index >= 15 is 0 Å². The van der Waals surface area contributed by atoms with Crippen LogP contribution >= 0.6 is 0 Å². The van der Waals surface area contributed by atoms with Gasteiger partial charge in [0.2, 0.25) is 5.88 Å². The first-order valence-corrected chi connectivity index (χ1v) is 8.36. The SMILES string of the molecule is COc1nccc(OCC2(CO)CN(C(=O)OC(C)(C)C)C2)c1C(C)=O. The first-order chi connectivity index (χ1) is 12.1. The molecule has 0 spiro atoms. The van der Waals surface area contributed by atoms with Gasteiger partial charge < -0.3 is 24.2 Å². The van der Waals surface area contributed by atoms with Gasteiger partial charge in [0.05, 0.1) is 25.7 Å². The Balaban J connectivity index is 2.03. The average Bonchev–Trinajstić information content (AvgIpc) is 2.51. The lowest BCUT2D eigenvalue weighted by Crippen LogP contribution is -2.63. The molecule has 2 rings (SSSR count). The number of hydrogen-bond acceptors (Lipinski definition) is 7. The number of carbonyl (C=O) groups is 2. The molecule has 0 aliphatic carbocycles. The molecular weight excluding hydrogens is 340 g/mol. The van der Waals surface area contributed by atoms with Gasteiger partial charge in [0.1, 0.15) is 16.9 Å². The van der Waals surface area contributed by atoms with E-state index in [1.807, 2.05) is 0 Å². The number of Topliss-reactive ketones (excluding diaryl/α,β-unsaturated/α-hetero) is 1. The Morgan fingerprint density at radius 1 is 1.35 bits per heavy atom. The lowest BCUT2D eigenvalue weighted by molar-refractivity contribution is -0.0742. The molecule has 1 saturated heterocycles. The van der Waals surface area contributed by atoms with Crippen LogP contribution in [0.2, 0.25) is 0 Å². The molecule has 1 aliphatic heterocycles. The maximum atomic E-state index is 12.1. The molecule has 0 aromatic carbocycles. The van der Waals surface area contributed by atoms with Gasteiger partial charge in [0.15, 0.2) is 5.78 Å². The molecule has 8 heteroatoms. The molecular formula is C18H26N2O6. The number of rotatable bonds is 6. The molecule has 8 nitrogen and oxygen atoms in total. The average molecular weight is 366 g/mol. The third kappa shape index (κ3) is 4.43. The Morgan fingerprint density at radius 3 is 2.50 bits per heavy atom. The van der Waals surface area contributed by atoms with E-state index in [1.54, 1.807) is 26.8 Å². The van der Waals surface area contributed by atoms with Gasteiger partial charge in [-0.1, -0.05) is 0 Å². The molecule has 1 aromatic rings. The zero-order valence-electron chi connectivity index (χ0n) is 15.9. The quantitative estimate of drug-likeness (QED) is 0.768. The number of amides is 1. The zero-order chi connectivity index (χ0) is 19.5. The minimum atomic E-state index is -0.596. The number of aliphatic hydroxyl groups excluding tert-OH is 1. The minimum Gasteiger partial charge on any atom is -0.492 e. The van der Waals surface area contributed by atoms with Crippen molar-refractivity contribution in [2.75, 3.05) is 33.4 Å². The first kappa shape index (κ1) is 20.0. The lowest BCUT2D eigenvalue weighted by atomic mass is 9.81. The number of carbonyl (C=O) groups excluding carboxylic acids is 2. The molecule has 26 heavy (non-hydrogen) atoms. The van der Waals surface area contributed by atoms with Crippen molar-refractivity contribution in [3.63, 3.8) is 0 Å². The molecule has 0 radical (unpaired) electrons. The van der Waals surface area contributed by atoms with Gasteiger partial charge in [-0.25, -0.2) is 9.78 Å². The smallest absolute Gasteiger partial charge is 0.410 e. The van der Waals surface area contributed by atoms with Crippen LogP contribution in [0, 0.1) is 5.41 Å². The highest BCUT2D eigenvalue weighted by Crippen LogP contribution is 2.34. The highest BCUT2D eigenvalue weighted by atomic mass is 16.6. The predicted octanol–water partition coefficient (Wildman–Crippen LogP) is 1.90. The van der Waals surface area contributed by atoms with E-state index in [0.29, 0.717) is 18.8 Å². The third-order valence-corrected chi connectivity index (χ3v) is 4.00. The van der Waals surface area contributed by atoms with E-state index < -0.39 is 17.1 Å². The summed E-state index contributed by atoms with van der Waals surface area (Å²) in [5, 5.41) is 9.76. The molecule has 1 amide bonds. The summed E-state index contributed by atoms with van der Waals surface area (Å²) in [5.74, 6) is 0.303. The maximum absolute atomic E-state index is 12.1. The van der Waals surface area contributed by atoms with E-state index in [4.69, 9.17) is 14.2 Å². The molecule has 1 aromatic heterocycles. The highest BCUT2D eigenvalue weighted by Gasteiger charge is 2.47. The van der Waals surface area contributed by atoms with E-state index in [-0.39, 0.29) is 30.4 Å². The van der Waals surface area contributed by atoms with Crippen molar-refractivity contribution < 1.29 is 28.9 Å². The largest absolute Gasteiger partial charge is 0.492 e. The van der Waals surface area contributed by atoms with Crippen LogP contribution < -0.4 is 9.47 Å². The topological polar surface area (TPSA) is 98.2 Å². The second-order valence-electron chi connectivity index (χ2n) is 7.53. The third-order valence-electron chi connectivity index (χ3n) is 4.00. The number of nitrogens with zero attached hydrogens (tertiary/aromatic N) is 2. The van der Waals surface area contributed by atoms with E-state index in [0.717, 1.165) is 0 Å². The van der Waals surface area contributed by atoms with Crippen LogP contribution in [-0.2, 0) is 4.74 Å². The van der Waals surface area contributed by atoms with Crippen LogP contribution in [0.4, 0.5) is 4.79 Å². The van der Waals surface area contributed by atoms with Crippen LogP contribution in [-0.4, -0.2) is 65.9 Å². The Labute approximate surface area is 153 Å². The zero-order valence-corrected chi connectivity index (χ0v) is 15.9. The monoisotopic (exact) mass is 366 g/mol. The van der Waals surface area contributed by atoms with Crippen molar-refractivity contribution in [1.29, 1.82) is 0 Å². The number of hydrogen-bond donors (Lipinski definition) is 1. The van der Waals surface area contributed by atoms with Gasteiger partial charge in [-0.3, -0.25) is 4.79 Å². The number of aromatic nitrogens is 1. The van der Waals surface area contributed by atoms with Crippen molar-refractivity contribution >= 4 is 11.9 Å². The molecule has 1 fully saturated rings. The van der Waals surface area contributed by atoms with Crippen molar-refractivity contribution in [2.24, 2.45) is 5.41 Å². The molecule has 144 valence electrons. The Hall–Kier alpha value is -2.35. The summed E-state index contributed by atoms with van der Waals surface area (Å²) in [6.45, 7) is 7.43. The first-order valence-electron chi connectivity index (χ1n) is 8.36. The van der Waals surface area contributed by atoms with E-state index in [1.165, 1.54) is 25.1 Å². The second-order valence-corrected chi connectivity index (χ2v) is 7.53. The normalized spacial score (nSPS) is 15.8. The number of ketones is 1. The fourth-order valence-electron chi connectivity index (χ4n) is 2.71. The Kier molecular flexibility index (Phi) is 5.75. The number of likely N-dealkylation sites (tertiary alicyclic amines) is 1. The summed E-state index contributed by atoms with van der Waals surface area (Å²) >= 11 is 0. The van der Waals surface area contributed by atoms with Gasteiger partial charge in [0, 0.05) is 19.3 Å². The molecule has 1 aliphatic rings. The van der Waals surface area contributed by atoms with Crippen molar-refractivity contribution in [3.05, 3.63) is 17.8 Å². The summed E-state index contributed by atoms with van der Waals surface area (Å²) in [5.41, 5.74) is -0.914. The number of methoxy groups -OCH3 is 1. The van der Waals surface area contributed by atoms with Crippen molar-refractivity contribution in [1.82, 2.24) is 9.88 Å². The van der Waals surface area contributed by atoms with E-state index in [2.05, 4.69) is 4.98 Å². The maximum Gasteiger partial charge on any atom is 0.410 e. The minimum absolute atomic E-state index is 0.149. The molecule has 0 saturated carbocycles. The van der Waals surface area contributed by atoms with Crippen LogP contribution in [0.1, 0.15) is 38.1 Å². The summed E-state index contributed by atoms with van der Waals surface area (Å²) in [7, 11) is 1.43. The summed E-state index contributed by atoms with van der Waals surface area (Å²) in [4.78, 5) is 29.5. The van der Waals surface area contributed by atoms with Gasteiger partial charge in [0.25, 0.3) is 0 Å². The number of aliphatic hydroxyl groups is 1. The van der Waals surface area contributed by atoms with Gasteiger partial charge in [-0.05, 0) is 33.8 Å². The number of pyridine rings is 1. The van der Waals surface area contributed by atoms with Crippen molar-refractivity contribution in [2.45, 2.75) is 33.3 Å². The van der Waals surface area contributed by atoms with Gasteiger partial charge in [-0.2, -0.15) is 0 Å². The summed E-state index contributed by atoms with van der Waals surface area (Å²) in [6, 6.07) is 1.58. The fraction of sp³-hybridized carbons (Fsp3) is 0.611. The van der Waals surface area contributed by atoms with Gasteiger partial charge >= 0.3 is 6.09 Å². The standard InChI is InChI=1S/C18H26N2O6/c1-12(22)14-13(6-7-19-15(14)24-5)25-11-18(10-21)8-20(9-18)16(23)26-17(2,3)4/h6-7,21H,8-11H2,1-5H3. The van der Waals surface area contributed by atoms with Crippen LogP contribution in [0.15, 0.2) is 12.3 Å².